The van der Waals surface area contributed by atoms with Crippen molar-refractivity contribution in [3.8, 4) is 34.5 Å². The quantitative estimate of drug-likeness (QED) is 0.0456. The smallest absolute Gasteiger partial charge is 0.185 e. The summed E-state index contributed by atoms with van der Waals surface area (Å²) in [7, 11) is 3.07. The van der Waals surface area contributed by atoms with Crippen LogP contribution in [0.25, 0.3) is 12.2 Å². The monoisotopic (exact) mass is 708 g/mol. The lowest BCUT2D eigenvalue weighted by molar-refractivity contribution is 0.103. The molecular formula is C44H52O8. The summed E-state index contributed by atoms with van der Waals surface area (Å²) in [6.07, 6.45) is 16.9. The standard InChI is InChI=1S/2C22H26O4/c2*1-3-4-5-6-7-17-14-18(22(26-2)15-21(17)25)10-13-20(24)16-8-11-19(23)12-9-16/h2*8-15,23,25H,3-7H2,1-2H3/b2*13-10+. The summed E-state index contributed by atoms with van der Waals surface area (Å²) in [5.74, 6) is 1.41. The first-order valence-electron chi connectivity index (χ1n) is 17.9. The number of aromatic hydroxyl groups is 4. The zero-order chi connectivity index (χ0) is 37.9. The Labute approximate surface area is 307 Å². The summed E-state index contributed by atoms with van der Waals surface area (Å²) in [6.45, 7) is 4.33. The molecule has 8 heteroatoms. The highest BCUT2D eigenvalue weighted by atomic mass is 16.5. The van der Waals surface area contributed by atoms with Crippen LogP contribution in [0.2, 0.25) is 0 Å². The Morgan fingerprint density at radius 1 is 0.538 bits per heavy atom. The molecule has 0 radical (unpaired) electrons. The van der Waals surface area contributed by atoms with E-state index in [1.807, 2.05) is 12.1 Å². The molecule has 0 heterocycles. The first-order chi connectivity index (χ1) is 25.1. The number of ether oxygens (including phenoxy) is 2. The highest BCUT2D eigenvalue weighted by molar-refractivity contribution is 6.07. The number of carbonyl (C=O) groups is 2. The van der Waals surface area contributed by atoms with Gasteiger partial charge in [0.15, 0.2) is 11.6 Å². The number of rotatable bonds is 18. The second-order valence-corrected chi connectivity index (χ2v) is 12.6. The van der Waals surface area contributed by atoms with Gasteiger partial charge in [-0.05, 0) is 122 Å². The number of hydrogen-bond donors (Lipinski definition) is 4. The Kier molecular flexibility index (Phi) is 17.0. The second-order valence-electron chi connectivity index (χ2n) is 12.6. The molecule has 8 nitrogen and oxygen atoms in total. The number of phenols is 4. The van der Waals surface area contributed by atoms with Crippen LogP contribution in [0, 0.1) is 0 Å². The Morgan fingerprint density at radius 3 is 1.23 bits per heavy atom. The summed E-state index contributed by atoms with van der Waals surface area (Å²) >= 11 is 0. The zero-order valence-corrected chi connectivity index (χ0v) is 30.7. The maximum atomic E-state index is 12.3. The minimum absolute atomic E-state index is 0.124. The maximum absolute atomic E-state index is 12.3. The van der Waals surface area contributed by atoms with E-state index in [0.717, 1.165) is 60.8 Å². The van der Waals surface area contributed by atoms with E-state index in [1.54, 1.807) is 48.6 Å². The van der Waals surface area contributed by atoms with Crippen molar-refractivity contribution < 1.29 is 39.5 Å². The fourth-order valence-electron chi connectivity index (χ4n) is 5.54. The van der Waals surface area contributed by atoms with Gasteiger partial charge >= 0.3 is 0 Å². The summed E-state index contributed by atoms with van der Waals surface area (Å²) in [5, 5.41) is 39.0. The molecule has 0 aromatic heterocycles. The molecule has 0 spiro atoms. The molecule has 4 aromatic rings. The predicted molar refractivity (Wildman–Crippen MR) is 208 cm³/mol. The van der Waals surface area contributed by atoms with Crippen molar-refractivity contribution in [2.75, 3.05) is 14.2 Å². The molecule has 4 rings (SSSR count). The summed E-state index contributed by atoms with van der Waals surface area (Å²) in [5.41, 5.74) is 4.22. The van der Waals surface area contributed by atoms with Gasteiger partial charge in [-0.15, -0.1) is 0 Å². The van der Waals surface area contributed by atoms with Crippen molar-refractivity contribution in [1.29, 1.82) is 0 Å². The van der Waals surface area contributed by atoms with Crippen molar-refractivity contribution in [3.05, 3.63) is 118 Å². The Morgan fingerprint density at radius 2 is 0.904 bits per heavy atom. The van der Waals surface area contributed by atoms with E-state index >= 15 is 0 Å². The van der Waals surface area contributed by atoms with E-state index in [-0.39, 0.29) is 34.6 Å². The number of benzene rings is 4. The maximum Gasteiger partial charge on any atom is 0.185 e. The lowest BCUT2D eigenvalue weighted by Gasteiger charge is -2.10. The minimum atomic E-state index is -0.162. The zero-order valence-electron chi connectivity index (χ0n) is 30.7. The third kappa shape index (κ3) is 13.0. The van der Waals surface area contributed by atoms with Crippen LogP contribution in [0.5, 0.6) is 34.5 Å². The minimum Gasteiger partial charge on any atom is -0.508 e. The van der Waals surface area contributed by atoms with Crippen LogP contribution < -0.4 is 9.47 Å². The summed E-state index contributed by atoms with van der Waals surface area (Å²) in [4.78, 5) is 24.5. The molecule has 0 saturated carbocycles. The molecule has 276 valence electrons. The van der Waals surface area contributed by atoms with Crippen molar-refractivity contribution in [3.63, 3.8) is 0 Å². The number of methoxy groups -OCH3 is 2. The number of unbranched alkanes of at least 4 members (excludes halogenated alkanes) is 6. The van der Waals surface area contributed by atoms with Gasteiger partial charge in [0.05, 0.1) is 14.2 Å². The van der Waals surface area contributed by atoms with E-state index in [4.69, 9.17) is 9.47 Å². The van der Waals surface area contributed by atoms with E-state index in [2.05, 4.69) is 13.8 Å². The molecule has 0 bridgehead atoms. The van der Waals surface area contributed by atoms with Crippen LogP contribution in [0.1, 0.15) is 108 Å². The van der Waals surface area contributed by atoms with Crippen molar-refractivity contribution in [2.24, 2.45) is 0 Å². The van der Waals surface area contributed by atoms with E-state index < -0.39 is 0 Å². The topological polar surface area (TPSA) is 134 Å². The molecule has 52 heavy (non-hydrogen) atoms. The molecule has 0 unspecified atom stereocenters. The van der Waals surface area contributed by atoms with Crippen LogP contribution in [-0.4, -0.2) is 46.2 Å². The fraction of sp³-hybridized carbons (Fsp3) is 0.318. The summed E-state index contributed by atoms with van der Waals surface area (Å²) < 4.78 is 10.6. The lowest BCUT2D eigenvalue weighted by Crippen LogP contribution is -1.95. The highest BCUT2D eigenvalue weighted by Crippen LogP contribution is 2.32. The molecule has 0 aliphatic carbocycles. The van der Waals surface area contributed by atoms with Crippen LogP contribution in [0.4, 0.5) is 0 Å². The average molecular weight is 709 g/mol. The fourth-order valence-corrected chi connectivity index (χ4v) is 5.54. The Bertz CT molecular complexity index is 1650. The molecule has 0 aliphatic rings. The average Bonchev–Trinajstić information content (AvgIpc) is 3.15. The first-order valence-corrected chi connectivity index (χ1v) is 17.9. The number of phenolic OH excluding ortho intramolecular Hbond substituents is 4. The molecule has 0 fully saturated rings. The third-order valence-electron chi connectivity index (χ3n) is 8.59. The van der Waals surface area contributed by atoms with Gasteiger partial charge in [-0.2, -0.15) is 0 Å². The molecule has 0 aliphatic heterocycles. The van der Waals surface area contributed by atoms with Gasteiger partial charge in [-0.3, -0.25) is 9.59 Å². The number of hydrogen-bond acceptors (Lipinski definition) is 8. The molecular weight excluding hydrogens is 656 g/mol. The second kappa shape index (κ2) is 21.7. The van der Waals surface area contributed by atoms with E-state index in [9.17, 15) is 30.0 Å². The molecule has 0 amide bonds. The van der Waals surface area contributed by atoms with Gasteiger partial charge in [0.25, 0.3) is 0 Å². The van der Waals surface area contributed by atoms with Crippen molar-refractivity contribution >= 4 is 23.7 Å². The van der Waals surface area contributed by atoms with E-state index in [0.29, 0.717) is 22.6 Å². The van der Waals surface area contributed by atoms with E-state index in [1.165, 1.54) is 76.3 Å². The van der Waals surface area contributed by atoms with Crippen LogP contribution in [0.3, 0.4) is 0 Å². The highest BCUT2D eigenvalue weighted by Gasteiger charge is 2.11. The van der Waals surface area contributed by atoms with Gasteiger partial charge in [-0.1, -0.05) is 52.4 Å². The third-order valence-corrected chi connectivity index (χ3v) is 8.59. The van der Waals surface area contributed by atoms with Gasteiger partial charge < -0.3 is 29.9 Å². The van der Waals surface area contributed by atoms with Gasteiger partial charge in [0.1, 0.15) is 34.5 Å². The number of allylic oxidation sites excluding steroid dienone is 2. The van der Waals surface area contributed by atoms with Crippen molar-refractivity contribution in [1.82, 2.24) is 0 Å². The normalized spacial score (nSPS) is 11.0. The predicted octanol–water partition coefficient (Wildman–Crippen LogP) is 10.3. The first kappa shape index (κ1) is 40.9. The van der Waals surface area contributed by atoms with Crippen LogP contribution in [-0.2, 0) is 12.8 Å². The molecule has 4 N–H and O–H groups in total. The largest absolute Gasteiger partial charge is 0.508 e. The summed E-state index contributed by atoms with van der Waals surface area (Å²) in [6, 6.07) is 19.2. The van der Waals surface area contributed by atoms with Crippen molar-refractivity contribution in [2.45, 2.75) is 78.1 Å². The molecule has 0 saturated heterocycles. The number of aryl methyl sites for hydroxylation is 2. The van der Waals surface area contributed by atoms with Gasteiger partial charge in [-0.25, -0.2) is 0 Å². The SMILES string of the molecule is CCCCCCc1cc(/C=C/C(=O)c2ccc(O)cc2)c(OC)cc1O.CCCCCCc1cc(/C=C/C(=O)c2ccc(O)cc2)c(OC)cc1O. The Hall–Kier alpha value is -5.50. The van der Waals surface area contributed by atoms with Gasteiger partial charge in [0.2, 0.25) is 0 Å². The Balaban J connectivity index is 0.000000280. The molecule has 0 atom stereocenters. The lowest BCUT2D eigenvalue weighted by atomic mass is 10.0. The van der Waals surface area contributed by atoms with Crippen LogP contribution >= 0.6 is 0 Å². The van der Waals surface area contributed by atoms with Gasteiger partial charge in [0, 0.05) is 34.4 Å². The van der Waals surface area contributed by atoms with Crippen LogP contribution in [0.15, 0.2) is 84.9 Å². The number of carbonyl (C=O) groups excluding carboxylic acids is 2. The number of ketones is 2. The molecule has 4 aromatic carbocycles.